The Kier molecular flexibility index (Phi) is 3.64. The molecule has 0 aromatic carbocycles. The van der Waals surface area contributed by atoms with Gasteiger partial charge < -0.3 is 10.5 Å². The molecule has 0 spiro atoms. The third kappa shape index (κ3) is 2.03. The van der Waals surface area contributed by atoms with Crippen LogP contribution in [-0.4, -0.2) is 21.6 Å². The fourth-order valence-corrected chi connectivity index (χ4v) is 2.76. The number of nitrogens with two attached hydrogens (primary N) is 1. The maximum absolute atomic E-state index is 6.13. The molecule has 2 N–H and O–H groups in total. The van der Waals surface area contributed by atoms with Gasteiger partial charge in [-0.1, -0.05) is 20.8 Å². The minimum absolute atomic E-state index is 0.0296. The smallest absolute Gasteiger partial charge is 0.215 e. The van der Waals surface area contributed by atoms with Crippen LogP contribution >= 0.6 is 0 Å². The molecule has 2 heterocycles. The molecule has 2 rings (SSSR count). The van der Waals surface area contributed by atoms with Gasteiger partial charge in [-0.15, -0.1) is 0 Å². The number of nitrogens with zero attached hydrogens (tertiary/aromatic N) is 3. The second-order valence-electron chi connectivity index (χ2n) is 4.79. The predicted molar refractivity (Wildman–Crippen MR) is 77.3 cm³/mol. The molecule has 0 aliphatic carbocycles. The van der Waals surface area contributed by atoms with E-state index < -0.39 is 0 Å². The zero-order valence-electron chi connectivity index (χ0n) is 12.1. The van der Waals surface area contributed by atoms with E-state index in [1.54, 1.807) is 7.11 Å². The lowest BCUT2D eigenvalue weighted by molar-refractivity contribution is 0.260. The number of hydrogen-bond donors (Lipinski definition) is 1. The van der Waals surface area contributed by atoms with Crippen LogP contribution in [-0.2, 0) is 5.54 Å². The molecule has 0 radical (unpaired) electrons. The van der Waals surface area contributed by atoms with Crippen molar-refractivity contribution >= 4 is 17.1 Å². The van der Waals surface area contributed by atoms with Crippen molar-refractivity contribution in [3.8, 4) is 5.88 Å². The molecule has 104 valence electrons. The second-order valence-corrected chi connectivity index (χ2v) is 4.79. The summed E-state index contributed by atoms with van der Waals surface area (Å²) >= 11 is 0. The van der Waals surface area contributed by atoms with Gasteiger partial charge in [0.05, 0.1) is 7.11 Å². The van der Waals surface area contributed by atoms with E-state index in [1.807, 2.05) is 12.1 Å². The maximum Gasteiger partial charge on any atom is 0.215 e. The normalized spacial score (nSPS) is 12.0. The van der Waals surface area contributed by atoms with Gasteiger partial charge in [-0.3, -0.25) is 4.57 Å². The molecular formula is C14H22N4O. The number of methoxy groups -OCH3 is 1. The van der Waals surface area contributed by atoms with E-state index in [2.05, 4.69) is 35.3 Å². The molecular weight excluding hydrogens is 240 g/mol. The topological polar surface area (TPSA) is 66.0 Å². The van der Waals surface area contributed by atoms with Gasteiger partial charge in [-0.25, -0.2) is 4.98 Å². The molecule has 0 unspecified atom stereocenters. The Bertz CT molecular complexity index is 564. The van der Waals surface area contributed by atoms with Crippen molar-refractivity contribution in [2.45, 2.75) is 45.6 Å². The number of anilines is 1. The summed E-state index contributed by atoms with van der Waals surface area (Å²) in [5, 5.41) is 0. The summed E-state index contributed by atoms with van der Waals surface area (Å²) in [5.41, 5.74) is 7.72. The largest absolute Gasteiger partial charge is 0.481 e. The highest BCUT2D eigenvalue weighted by molar-refractivity contribution is 5.75. The highest BCUT2D eigenvalue weighted by Gasteiger charge is 2.30. The SMILES string of the molecule is CCC(CC)(CC)n1c(N)nc2ccc(OC)nc21. The summed E-state index contributed by atoms with van der Waals surface area (Å²) < 4.78 is 7.28. The Morgan fingerprint density at radius 3 is 2.32 bits per heavy atom. The number of hydrogen-bond acceptors (Lipinski definition) is 4. The van der Waals surface area contributed by atoms with Crippen LogP contribution < -0.4 is 10.5 Å². The monoisotopic (exact) mass is 262 g/mol. The predicted octanol–water partition coefficient (Wildman–Crippen LogP) is 2.95. The molecule has 0 aliphatic rings. The first-order chi connectivity index (χ1) is 9.11. The summed E-state index contributed by atoms with van der Waals surface area (Å²) in [6.45, 7) is 6.54. The van der Waals surface area contributed by atoms with Crippen LogP contribution in [0, 0.1) is 0 Å². The van der Waals surface area contributed by atoms with Crippen molar-refractivity contribution in [2.75, 3.05) is 12.8 Å². The van der Waals surface area contributed by atoms with Gasteiger partial charge in [0.2, 0.25) is 11.8 Å². The standard InChI is InChI=1S/C14H22N4O/c1-5-14(6-2,7-3)18-12-10(16-13(18)15)8-9-11(17-12)19-4/h8-9H,5-7H2,1-4H3,(H2,15,16). The van der Waals surface area contributed by atoms with Gasteiger partial charge in [0.15, 0.2) is 5.65 Å². The fourth-order valence-electron chi connectivity index (χ4n) is 2.76. The van der Waals surface area contributed by atoms with Crippen molar-refractivity contribution < 1.29 is 4.74 Å². The van der Waals surface area contributed by atoms with Crippen LogP contribution in [0.2, 0.25) is 0 Å². The Morgan fingerprint density at radius 1 is 1.16 bits per heavy atom. The van der Waals surface area contributed by atoms with Crippen LogP contribution in [0.1, 0.15) is 40.0 Å². The van der Waals surface area contributed by atoms with E-state index >= 15 is 0 Å². The van der Waals surface area contributed by atoms with Gasteiger partial charge in [0.25, 0.3) is 0 Å². The Balaban J connectivity index is 2.73. The highest BCUT2D eigenvalue weighted by atomic mass is 16.5. The van der Waals surface area contributed by atoms with E-state index in [-0.39, 0.29) is 5.54 Å². The Labute approximate surface area is 113 Å². The molecule has 0 saturated carbocycles. The summed E-state index contributed by atoms with van der Waals surface area (Å²) in [6.07, 6.45) is 2.98. The van der Waals surface area contributed by atoms with Crippen molar-refractivity contribution in [1.82, 2.24) is 14.5 Å². The lowest BCUT2D eigenvalue weighted by Crippen LogP contribution is -2.32. The fraction of sp³-hybridized carbons (Fsp3) is 0.571. The van der Waals surface area contributed by atoms with E-state index in [0.29, 0.717) is 11.8 Å². The molecule has 0 atom stereocenters. The van der Waals surface area contributed by atoms with Crippen LogP contribution in [0.3, 0.4) is 0 Å². The first-order valence-electron chi connectivity index (χ1n) is 6.81. The second kappa shape index (κ2) is 5.07. The van der Waals surface area contributed by atoms with Crippen molar-refractivity contribution in [3.05, 3.63) is 12.1 Å². The summed E-state index contributed by atoms with van der Waals surface area (Å²) in [5.74, 6) is 1.12. The number of rotatable bonds is 5. The first kappa shape index (κ1) is 13.6. The molecule has 0 amide bonds. The quantitative estimate of drug-likeness (QED) is 0.899. The number of pyridine rings is 1. The van der Waals surface area contributed by atoms with Crippen LogP contribution in [0.5, 0.6) is 5.88 Å². The molecule has 0 aliphatic heterocycles. The molecule has 0 saturated heterocycles. The Hall–Kier alpha value is -1.78. The van der Waals surface area contributed by atoms with Crippen molar-refractivity contribution in [2.24, 2.45) is 0 Å². The van der Waals surface area contributed by atoms with Gasteiger partial charge in [-0.2, -0.15) is 4.98 Å². The molecule has 5 heteroatoms. The van der Waals surface area contributed by atoms with Gasteiger partial charge in [-0.05, 0) is 25.3 Å². The number of ether oxygens (including phenoxy) is 1. The zero-order valence-corrected chi connectivity index (χ0v) is 12.1. The minimum Gasteiger partial charge on any atom is -0.481 e. The van der Waals surface area contributed by atoms with Crippen LogP contribution in [0.25, 0.3) is 11.2 Å². The maximum atomic E-state index is 6.13. The van der Waals surface area contributed by atoms with Crippen LogP contribution in [0.15, 0.2) is 12.1 Å². The summed E-state index contributed by atoms with van der Waals surface area (Å²) in [7, 11) is 1.62. The highest BCUT2D eigenvalue weighted by Crippen LogP contribution is 2.35. The molecule has 19 heavy (non-hydrogen) atoms. The minimum atomic E-state index is -0.0296. The van der Waals surface area contributed by atoms with Crippen LogP contribution in [0.4, 0.5) is 5.95 Å². The number of aromatic nitrogens is 3. The molecule has 2 aromatic heterocycles. The zero-order chi connectivity index (χ0) is 14.0. The van der Waals surface area contributed by atoms with E-state index in [9.17, 15) is 0 Å². The lowest BCUT2D eigenvalue weighted by Gasteiger charge is -2.33. The van der Waals surface area contributed by atoms with Gasteiger partial charge in [0.1, 0.15) is 5.52 Å². The average molecular weight is 262 g/mol. The van der Waals surface area contributed by atoms with E-state index in [0.717, 1.165) is 30.4 Å². The number of nitrogen functional groups attached to an aromatic ring is 1. The first-order valence-corrected chi connectivity index (χ1v) is 6.81. The molecule has 5 nitrogen and oxygen atoms in total. The van der Waals surface area contributed by atoms with Crippen molar-refractivity contribution in [1.29, 1.82) is 0 Å². The molecule has 0 fully saturated rings. The number of fused-ring (bicyclic) bond motifs is 1. The molecule has 2 aromatic rings. The third-order valence-corrected chi connectivity index (χ3v) is 4.16. The Morgan fingerprint density at radius 2 is 1.79 bits per heavy atom. The van der Waals surface area contributed by atoms with Gasteiger partial charge in [0, 0.05) is 11.6 Å². The molecule has 0 bridgehead atoms. The van der Waals surface area contributed by atoms with E-state index in [1.165, 1.54) is 0 Å². The number of imidazole rings is 1. The van der Waals surface area contributed by atoms with Gasteiger partial charge >= 0.3 is 0 Å². The van der Waals surface area contributed by atoms with E-state index in [4.69, 9.17) is 10.5 Å². The summed E-state index contributed by atoms with van der Waals surface area (Å²) in [6, 6.07) is 3.71. The summed E-state index contributed by atoms with van der Waals surface area (Å²) in [4.78, 5) is 8.94. The van der Waals surface area contributed by atoms with Crippen molar-refractivity contribution in [3.63, 3.8) is 0 Å². The lowest BCUT2D eigenvalue weighted by atomic mass is 9.89. The average Bonchev–Trinajstić information content (AvgIpc) is 2.78. The third-order valence-electron chi connectivity index (χ3n) is 4.16.